The van der Waals surface area contributed by atoms with Crippen molar-refractivity contribution >= 4 is 24.8 Å². The molecular weight excluding hydrogens is 223 g/mol. The van der Waals surface area contributed by atoms with Crippen molar-refractivity contribution in [1.29, 1.82) is 0 Å². The van der Waals surface area contributed by atoms with Crippen LogP contribution in [0.5, 0.6) is 0 Å². The summed E-state index contributed by atoms with van der Waals surface area (Å²) in [4.78, 5) is 2.61. The first-order valence-electron chi connectivity index (χ1n) is 4.89. The molecule has 5 heteroatoms. The van der Waals surface area contributed by atoms with E-state index in [1.54, 1.807) is 0 Å². The highest BCUT2D eigenvalue weighted by molar-refractivity contribution is 5.85. The van der Waals surface area contributed by atoms with Gasteiger partial charge in [-0.25, -0.2) is 0 Å². The molecule has 0 aromatic rings. The smallest absolute Gasteiger partial charge is 0.0825 e. The molecule has 3 nitrogen and oxygen atoms in total. The molecule has 4 aliphatic rings. The first kappa shape index (κ1) is 12.5. The fourth-order valence-electron chi connectivity index (χ4n) is 3.10. The maximum Gasteiger partial charge on any atom is 0.0825 e. The van der Waals surface area contributed by atoms with Gasteiger partial charge < -0.3 is 10.5 Å². The number of halogens is 2. The average Bonchev–Trinajstić information content (AvgIpc) is 2.55. The van der Waals surface area contributed by atoms with E-state index in [0.717, 1.165) is 19.1 Å². The van der Waals surface area contributed by atoms with Crippen molar-refractivity contribution in [3.8, 4) is 0 Å². The molecule has 1 spiro atoms. The zero-order valence-corrected chi connectivity index (χ0v) is 9.78. The fraction of sp³-hybridized carbons (Fsp3) is 1.00. The summed E-state index contributed by atoms with van der Waals surface area (Å²) in [6.45, 7) is 4.00. The Morgan fingerprint density at radius 3 is 2.64 bits per heavy atom. The van der Waals surface area contributed by atoms with Crippen LogP contribution in [0.4, 0.5) is 0 Å². The van der Waals surface area contributed by atoms with Crippen molar-refractivity contribution in [2.45, 2.75) is 24.5 Å². The minimum absolute atomic E-state index is 0. The fourth-order valence-corrected chi connectivity index (χ4v) is 3.10. The van der Waals surface area contributed by atoms with E-state index in [0.29, 0.717) is 18.2 Å². The number of hydrogen-bond acceptors (Lipinski definition) is 3. The SMILES string of the molecule is Cl.Cl.NCC1CN2CC3CC2(CO1)C3. The summed E-state index contributed by atoms with van der Waals surface area (Å²) >= 11 is 0. The van der Waals surface area contributed by atoms with Crippen LogP contribution >= 0.6 is 24.8 Å². The largest absolute Gasteiger partial charge is 0.374 e. The first-order chi connectivity index (χ1) is 5.82. The van der Waals surface area contributed by atoms with Crippen molar-refractivity contribution in [3.05, 3.63) is 0 Å². The van der Waals surface area contributed by atoms with Crippen LogP contribution in [0.15, 0.2) is 0 Å². The predicted molar refractivity (Wildman–Crippen MR) is 60.3 cm³/mol. The van der Waals surface area contributed by atoms with Gasteiger partial charge in [0.05, 0.1) is 12.7 Å². The molecule has 3 saturated heterocycles. The maximum absolute atomic E-state index is 5.72. The molecule has 84 valence electrons. The number of nitrogens with two attached hydrogens (primary N) is 1. The molecule has 1 atom stereocenters. The summed E-state index contributed by atoms with van der Waals surface area (Å²) in [6, 6.07) is 0. The number of hydrogen-bond donors (Lipinski definition) is 1. The average molecular weight is 241 g/mol. The van der Waals surface area contributed by atoms with E-state index in [1.165, 1.54) is 19.4 Å². The van der Waals surface area contributed by atoms with Gasteiger partial charge >= 0.3 is 0 Å². The summed E-state index contributed by atoms with van der Waals surface area (Å²) in [5.41, 5.74) is 6.06. The molecule has 2 bridgehead atoms. The van der Waals surface area contributed by atoms with E-state index in [4.69, 9.17) is 10.5 Å². The molecule has 1 saturated carbocycles. The molecule has 0 aromatic heterocycles. The zero-order chi connectivity index (χ0) is 8.18. The molecule has 3 aliphatic heterocycles. The van der Waals surface area contributed by atoms with Gasteiger partial charge in [-0.3, -0.25) is 4.90 Å². The number of rotatable bonds is 1. The first-order valence-corrected chi connectivity index (χ1v) is 4.89. The standard InChI is InChI=1S/C9H16N2O.2ClH/c10-3-8-5-11-4-7-1-9(11,2-7)6-12-8;;/h7-8H,1-6,10H2;2*1H. The molecule has 0 aromatic carbocycles. The molecule has 4 rings (SSSR count). The topological polar surface area (TPSA) is 38.5 Å². The van der Waals surface area contributed by atoms with Crippen LogP contribution in [-0.4, -0.2) is 42.8 Å². The minimum atomic E-state index is 0. The Balaban J connectivity index is 0.000000490. The van der Waals surface area contributed by atoms with Crippen LogP contribution in [0.25, 0.3) is 0 Å². The lowest BCUT2D eigenvalue weighted by Crippen LogP contribution is -2.58. The van der Waals surface area contributed by atoms with Crippen LogP contribution in [0.3, 0.4) is 0 Å². The Morgan fingerprint density at radius 2 is 2.00 bits per heavy atom. The maximum atomic E-state index is 5.72. The molecule has 2 N–H and O–H groups in total. The Labute approximate surface area is 97.2 Å². The van der Waals surface area contributed by atoms with Gasteiger partial charge in [0.25, 0.3) is 0 Å². The molecular formula is C9H18Cl2N2O. The van der Waals surface area contributed by atoms with E-state index < -0.39 is 0 Å². The van der Waals surface area contributed by atoms with Crippen LogP contribution in [0.2, 0.25) is 0 Å². The lowest BCUT2D eigenvalue weighted by Gasteiger charge is -2.47. The van der Waals surface area contributed by atoms with Gasteiger partial charge in [0.15, 0.2) is 0 Å². The molecule has 4 fully saturated rings. The number of morpholine rings is 1. The second-order valence-corrected chi connectivity index (χ2v) is 4.57. The Kier molecular flexibility index (Phi) is 3.71. The van der Waals surface area contributed by atoms with Gasteiger partial charge in [-0.2, -0.15) is 0 Å². The molecule has 0 amide bonds. The van der Waals surface area contributed by atoms with E-state index in [-0.39, 0.29) is 24.8 Å². The Morgan fingerprint density at radius 1 is 1.29 bits per heavy atom. The molecule has 3 heterocycles. The van der Waals surface area contributed by atoms with E-state index >= 15 is 0 Å². The van der Waals surface area contributed by atoms with E-state index in [9.17, 15) is 0 Å². The van der Waals surface area contributed by atoms with Crippen molar-refractivity contribution in [3.63, 3.8) is 0 Å². The van der Waals surface area contributed by atoms with Crippen LogP contribution in [0, 0.1) is 5.92 Å². The second-order valence-electron chi connectivity index (χ2n) is 4.57. The number of nitrogens with zero attached hydrogens (tertiary/aromatic N) is 1. The summed E-state index contributed by atoms with van der Waals surface area (Å²) in [5.74, 6) is 0.977. The van der Waals surface area contributed by atoms with E-state index in [2.05, 4.69) is 4.90 Å². The lowest BCUT2D eigenvalue weighted by molar-refractivity contribution is -0.0993. The van der Waals surface area contributed by atoms with Crippen LogP contribution in [0.1, 0.15) is 12.8 Å². The molecule has 0 radical (unpaired) electrons. The Bertz CT molecular complexity index is 209. The van der Waals surface area contributed by atoms with Crippen molar-refractivity contribution in [1.82, 2.24) is 4.90 Å². The number of ether oxygens (including phenoxy) is 1. The van der Waals surface area contributed by atoms with Crippen LogP contribution in [-0.2, 0) is 4.74 Å². The van der Waals surface area contributed by atoms with Gasteiger partial charge in [-0.15, -0.1) is 24.8 Å². The van der Waals surface area contributed by atoms with Gasteiger partial charge in [-0.1, -0.05) is 0 Å². The lowest BCUT2D eigenvalue weighted by atomic mass is 9.73. The minimum Gasteiger partial charge on any atom is -0.374 e. The summed E-state index contributed by atoms with van der Waals surface area (Å²) in [7, 11) is 0. The summed E-state index contributed by atoms with van der Waals surface area (Å²) in [6.07, 6.45) is 3.06. The highest BCUT2D eigenvalue weighted by Gasteiger charge is 2.57. The van der Waals surface area contributed by atoms with Gasteiger partial charge in [0, 0.05) is 25.2 Å². The zero-order valence-electron chi connectivity index (χ0n) is 8.15. The van der Waals surface area contributed by atoms with Crippen molar-refractivity contribution in [2.75, 3.05) is 26.2 Å². The van der Waals surface area contributed by atoms with E-state index in [1.807, 2.05) is 0 Å². The molecule has 1 aliphatic carbocycles. The summed E-state index contributed by atoms with van der Waals surface area (Å²) in [5, 5.41) is 0. The third-order valence-electron chi connectivity index (χ3n) is 3.76. The molecule has 1 unspecified atom stereocenters. The quantitative estimate of drug-likeness (QED) is 0.732. The Hall–Kier alpha value is 0.460. The highest BCUT2D eigenvalue weighted by Crippen LogP contribution is 2.51. The normalized spacial score (nSPS) is 44.4. The molecule has 14 heavy (non-hydrogen) atoms. The van der Waals surface area contributed by atoms with Gasteiger partial charge in [0.1, 0.15) is 0 Å². The second kappa shape index (κ2) is 4.14. The van der Waals surface area contributed by atoms with Gasteiger partial charge in [0.2, 0.25) is 0 Å². The predicted octanol–water partition coefficient (Wildman–Crippen LogP) is 0.652. The van der Waals surface area contributed by atoms with Crippen molar-refractivity contribution in [2.24, 2.45) is 11.7 Å². The van der Waals surface area contributed by atoms with Gasteiger partial charge in [-0.05, 0) is 18.8 Å². The third kappa shape index (κ3) is 1.55. The van der Waals surface area contributed by atoms with Crippen LogP contribution < -0.4 is 5.73 Å². The highest BCUT2D eigenvalue weighted by atomic mass is 35.5. The monoisotopic (exact) mass is 240 g/mol. The summed E-state index contributed by atoms with van der Waals surface area (Å²) < 4.78 is 5.72. The third-order valence-corrected chi connectivity index (χ3v) is 3.76. The van der Waals surface area contributed by atoms with Crippen molar-refractivity contribution < 1.29 is 4.74 Å².